The number of benzene rings is 2. The summed E-state index contributed by atoms with van der Waals surface area (Å²) in [5.74, 6) is -0.0170. The van der Waals surface area contributed by atoms with Crippen molar-refractivity contribution >= 4 is 25.7 Å². The van der Waals surface area contributed by atoms with Crippen molar-refractivity contribution in [2.75, 3.05) is 12.5 Å². The zero-order chi connectivity index (χ0) is 20.9. The van der Waals surface area contributed by atoms with Crippen molar-refractivity contribution in [3.05, 3.63) is 65.2 Å². The van der Waals surface area contributed by atoms with Crippen LogP contribution in [0, 0.1) is 0 Å². The van der Waals surface area contributed by atoms with Gasteiger partial charge in [0.25, 0.3) is 0 Å². The number of sulfone groups is 2. The van der Waals surface area contributed by atoms with E-state index in [0.717, 1.165) is 17.4 Å². The van der Waals surface area contributed by atoms with Gasteiger partial charge in [-0.25, -0.2) is 21.6 Å². The van der Waals surface area contributed by atoms with Crippen LogP contribution in [-0.2, 0) is 32.0 Å². The third-order valence-electron chi connectivity index (χ3n) is 4.06. The molecule has 2 rings (SSSR count). The SMILES string of the molecule is CC(NC(=O)NCc1ccc(CS(C)(=O)=O)cc1)c1ccc(S(C)(=O)=O)cc1. The van der Waals surface area contributed by atoms with E-state index in [1.807, 2.05) is 0 Å². The molecule has 0 aliphatic rings. The summed E-state index contributed by atoms with van der Waals surface area (Å²) < 4.78 is 45.6. The molecule has 1 atom stereocenters. The average Bonchev–Trinajstić information content (AvgIpc) is 2.59. The van der Waals surface area contributed by atoms with Crippen LogP contribution < -0.4 is 10.6 Å². The molecule has 0 aromatic heterocycles. The highest BCUT2D eigenvalue weighted by Crippen LogP contribution is 2.16. The number of hydrogen-bond donors (Lipinski definition) is 2. The first kappa shape index (κ1) is 21.9. The molecule has 2 amide bonds. The summed E-state index contributed by atoms with van der Waals surface area (Å²) >= 11 is 0. The highest BCUT2D eigenvalue weighted by molar-refractivity contribution is 7.90. The van der Waals surface area contributed by atoms with Gasteiger partial charge in [0, 0.05) is 19.1 Å². The topological polar surface area (TPSA) is 109 Å². The summed E-state index contributed by atoms with van der Waals surface area (Å²) in [4.78, 5) is 12.3. The molecule has 0 aliphatic carbocycles. The van der Waals surface area contributed by atoms with Crippen LogP contribution in [0.15, 0.2) is 53.4 Å². The first-order valence-corrected chi connectivity index (χ1v) is 12.5. The Morgan fingerprint density at radius 3 is 1.93 bits per heavy atom. The van der Waals surface area contributed by atoms with Gasteiger partial charge in [-0.15, -0.1) is 0 Å². The van der Waals surface area contributed by atoms with Gasteiger partial charge in [-0.05, 0) is 35.7 Å². The molecule has 2 N–H and O–H groups in total. The molecule has 0 aliphatic heterocycles. The van der Waals surface area contributed by atoms with E-state index in [4.69, 9.17) is 0 Å². The third-order valence-corrected chi connectivity index (χ3v) is 6.05. The van der Waals surface area contributed by atoms with Gasteiger partial charge >= 0.3 is 6.03 Å². The Balaban J connectivity index is 1.88. The van der Waals surface area contributed by atoms with Crippen LogP contribution in [0.25, 0.3) is 0 Å². The second-order valence-electron chi connectivity index (χ2n) is 6.78. The monoisotopic (exact) mass is 424 g/mol. The van der Waals surface area contributed by atoms with Crippen molar-refractivity contribution in [1.29, 1.82) is 0 Å². The minimum atomic E-state index is -3.25. The van der Waals surface area contributed by atoms with E-state index < -0.39 is 19.7 Å². The summed E-state index contributed by atoms with van der Waals surface area (Å²) in [6.07, 6.45) is 2.33. The van der Waals surface area contributed by atoms with Gasteiger partial charge in [-0.1, -0.05) is 36.4 Å². The Bertz CT molecular complexity index is 1030. The van der Waals surface area contributed by atoms with E-state index in [9.17, 15) is 21.6 Å². The number of amides is 2. The molecular weight excluding hydrogens is 400 g/mol. The zero-order valence-corrected chi connectivity index (χ0v) is 17.6. The predicted octanol–water partition coefficient (Wildman–Crippen LogP) is 2.20. The summed E-state index contributed by atoms with van der Waals surface area (Å²) in [7, 11) is -6.33. The maximum atomic E-state index is 12.1. The Kier molecular flexibility index (Phi) is 6.84. The first-order valence-electron chi connectivity index (χ1n) is 8.54. The predicted molar refractivity (Wildman–Crippen MR) is 108 cm³/mol. The lowest BCUT2D eigenvalue weighted by molar-refractivity contribution is 0.237. The fraction of sp³-hybridized carbons (Fsp3) is 0.316. The Hall–Kier alpha value is -2.39. The maximum absolute atomic E-state index is 12.1. The van der Waals surface area contributed by atoms with Crippen molar-refractivity contribution in [2.45, 2.75) is 30.2 Å². The molecular formula is C19H24N2O5S2. The molecule has 28 heavy (non-hydrogen) atoms. The maximum Gasteiger partial charge on any atom is 0.315 e. The van der Waals surface area contributed by atoms with Crippen molar-refractivity contribution in [3.63, 3.8) is 0 Å². The average molecular weight is 425 g/mol. The number of urea groups is 1. The Morgan fingerprint density at radius 1 is 0.893 bits per heavy atom. The van der Waals surface area contributed by atoms with Crippen LogP contribution in [0.2, 0.25) is 0 Å². The second-order valence-corrected chi connectivity index (χ2v) is 10.9. The van der Waals surface area contributed by atoms with Gasteiger partial charge in [-0.2, -0.15) is 0 Å². The smallest absolute Gasteiger partial charge is 0.315 e. The number of carbonyl (C=O) groups is 1. The molecule has 0 saturated heterocycles. The molecule has 152 valence electrons. The highest BCUT2D eigenvalue weighted by atomic mass is 32.2. The lowest BCUT2D eigenvalue weighted by Crippen LogP contribution is -2.36. The number of rotatable bonds is 7. The van der Waals surface area contributed by atoms with Gasteiger partial charge in [-0.3, -0.25) is 0 Å². The number of carbonyl (C=O) groups excluding carboxylic acids is 1. The minimum Gasteiger partial charge on any atom is -0.334 e. The van der Waals surface area contributed by atoms with Crippen molar-refractivity contribution in [2.24, 2.45) is 0 Å². The van der Waals surface area contributed by atoms with Crippen LogP contribution >= 0.6 is 0 Å². The van der Waals surface area contributed by atoms with Crippen LogP contribution in [0.4, 0.5) is 4.79 Å². The summed E-state index contributed by atoms with van der Waals surface area (Å²) in [6, 6.07) is 12.7. The molecule has 7 nitrogen and oxygen atoms in total. The highest BCUT2D eigenvalue weighted by Gasteiger charge is 2.12. The number of hydrogen-bond acceptors (Lipinski definition) is 5. The number of nitrogens with one attached hydrogen (secondary N) is 2. The van der Waals surface area contributed by atoms with E-state index in [-0.39, 0.29) is 22.7 Å². The van der Waals surface area contributed by atoms with E-state index in [1.165, 1.54) is 18.4 Å². The van der Waals surface area contributed by atoms with Gasteiger partial charge in [0.2, 0.25) is 0 Å². The third kappa shape index (κ3) is 6.97. The van der Waals surface area contributed by atoms with E-state index in [1.54, 1.807) is 43.3 Å². The van der Waals surface area contributed by atoms with Crippen LogP contribution in [0.5, 0.6) is 0 Å². The standard InChI is InChI=1S/C19H24N2O5S2/c1-14(17-8-10-18(11-9-17)28(3,25)26)21-19(22)20-12-15-4-6-16(7-5-15)13-27(2,23)24/h4-11,14H,12-13H2,1-3H3,(H2,20,21,22). The zero-order valence-electron chi connectivity index (χ0n) is 16.0. The molecule has 2 aromatic carbocycles. The summed E-state index contributed by atoms with van der Waals surface area (Å²) in [5, 5.41) is 5.53. The summed E-state index contributed by atoms with van der Waals surface area (Å²) in [6.45, 7) is 2.10. The van der Waals surface area contributed by atoms with Gasteiger partial charge < -0.3 is 10.6 Å². The van der Waals surface area contributed by atoms with E-state index in [0.29, 0.717) is 12.1 Å². The lowest BCUT2D eigenvalue weighted by atomic mass is 10.1. The van der Waals surface area contributed by atoms with Crippen molar-refractivity contribution < 1.29 is 21.6 Å². The normalized spacial score (nSPS) is 13.0. The Labute approximate surface area is 166 Å². The molecule has 0 heterocycles. The lowest BCUT2D eigenvalue weighted by Gasteiger charge is -2.15. The fourth-order valence-corrected chi connectivity index (χ4v) is 4.00. The quantitative estimate of drug-likeness (QED) is 0.708. The summed E-state index contributed by atoms with van der Waals surface area (Å²) in [5.41, 5.74) is 2.33. The van der Waals surface area contributed by atoms with Gasteiger partial charge in [0.1, 0.15) is 0 Å². The van der Waals surface area contributed by atoms with Crippen LogP contribution in [0.3, 0.4) is 0 Å². The van der Waals surface area contributed by atoms with Crippen molar-refractivity contribution in [1.82, 2.24) is 10.6 Å². The molecule has 9 heteroatoms. The van der Waals surface area contributed by atoms with E-state index in [2.05, 4.69) is 10.6 Å². The fourth-order valence-electron chi connectivity index (χ4n) is 2.57. The molecule has 1 unspecified atom stereocenters. The molecule has 0 fully saturated rings. The molecule has 0 radical (unpaired) electrons. The van der Waals surface area contributed by atoms with Crippen molar-refractivity contribution in [3.8, 4) is 0 Å². The minimum absolute atomic E-state index is 0.0170. The second kappa shape index (κ2) is 8.74. The van der Waals surface area contributed by atoms with Crippen LogP contribution in [-0.4, -0.2) is 35.4 Å². The largest absolute Gasteiger partial charge is 0.334 e. The molecule has 0 spiro atoms. The van der Waals surface area contributed by atoms with Gasteiger partial charge in [0.15, 0.2) is 19.7 Å². The van der Waals surface area contributed by atoms with Crippen LogP contribution in [0.1, 0.15) is 29.7 Å². The molecule has 0 saturated carbocycles. The first-order chi connectivity index (χ1) is 12.9. The van der Waals surface area contributed by atoms with Gasteiger partial charge in [0.05, 0.1) is 16.7 Å². The molecule has 0 bridgehead atoms. The Morgan fingerprint density at radius 2 is 1.43 bits per heavy atom. The van der Waals surface area contributed by atoms with E-state index >= 15 is 0 Å². The molecule has 2 aromatic rings.